The number of carbonyl (C=O) groups is 2. The summed E-state index contributed by atoms with van der Waals surface area (Å²) in [6, 6.07) is 11.9. The molecule has 0 radical (unpaired) electrons. The van der Waals surface area contributed by atoms with Gasteiger partial charge in [-0.25, -0.2) is 15.2 Å². The van der Waals surface area contributed by atoms with Gasteiger partial charge in [0.1, 0.15) is 5.75 Å². The Balaban J connectivity index is 1.68. The van der Waals surface area contributed by atoms with Crippen LogP contribution in [0.15, 0.2) is 53.9 Å². The van der Waals surface area contributed by atoms with Crippen LogP contribution < -0.4 is 10.2 Å². The van der Waals surface area contributed by atoms with Crippen LogP contribution in [-0.4, -0.2) is 39.8 Å². The number of ether oxygens (including phenoxy) is 1. The van der Waals surface area contributed by atoms with E-state index in [9.17, 15) is 9.59 Å². The summed E-state index contributed by atoms with van der Waals surface area (Å²) in [5.41, 5.74) is 4.93. The number of carboxylic acids is 1. The first-order chi connectivity index (χ1) is 12.1. The summed E-state index contributed by atoms with van der Waals surface area (Å²) in [5, 5.41) is 12.6. The Labute approximate surface area is 142 Å². The number of rotatable bonds is 6. The minimum absolute atomic E-state index is 0.363. The quantitative estimate of drug-likeness (QED) is 0.468. The molecule has 1 aromatic heterocycles. The highest BCUT2D eigenvalue weighted by molar-refractivity contribution is 5.97. The molecule has 25 heavy (non-hydrogen) atoms. The van der Waals surface area contributed by atoms with Gasteiger partial charge in [-0.15, -0.1) is 0 Å². The van der Waals surface area contributed by atoms with E-state index in [1.54, 1.807) is 48.8 Å². The molecule has 3 N–H and O–H groups in total. The topological polar surface area (TPSA) is 117 Å². The lowest BCUT2D eigenvalue weighted by Crippen LogP contribution is -2.17. The van der Waals surface area contributed by atoms with Crippen LogP contribution in [0, 0.1) is 0 Å². The molecule has 0 atom stereocenters. The van der Waals surface area contributed by atoms with E-state index in [1.807, 2.05) is 0 Å². The molecule has 0 saturated heterocycles. The number of carbonyl (C=O) groups excluding carboxylic acids is 1. The summed E-state index contributed by atoms with van der Waals surface area (Å²) in [6.07, 6.45) is 2.95. The van der Waals surface area contributed by atoms with E-state index in [0.717, 1.165) is 11.0 Å². The standard InChI is InChI=1S/C17H14N4O4/c22-16(23)9-25-15-4-2-1-3-12(15)8-20-21-17(24)11-5-6-13-14(7-11)19-10-18-13/h1-8,10H,9H2,(H,18,19)(H,21,24)(H,22,23)/b20-8-. The van der Waals surface area contributed by atoms with Crippen LogP contribution in [0.1, 0.15) is 15.9 Å². The number of hydrogen-bond donors (Lipinski definition) is 3. The molecule has 0 saturated carbocycles. The number of aromatic nitrogens is 2. The fourth-order valence-electron chi connectivity index (χ4n) is 2.16. The Morgan fingerprint density at radius 2 is 2.12 bits per heavy atom. The van der Waals surface area contributed by atoms with Crippen LogP contribution in [0.2, 0.25) is 0 Å². The number of hydrogen-bond acceptors (Lipinski definition) is 5. The summed E-state index contributed by atoms with van der Waals surface area (Å²) >= 11 is 0. The molecular formula is C17H14N4O4. The van der Waals surface area contributed by atoms with Crippen LogP contribution in [0.4, 0.5) is 0 Å². The average molecular weight is 338 g/mol. The van der Waals surface area contributed by atoms with Gasteiger partial charge in [0, 0.05) is 11.1 Å². The smallest absolute Gasteiger partial charge is 0.341 e. The van der Waals surface area contributed by atoms with E-state index in [-0.39, 0.29) is 5.91 Å². The molecule has 3 aromatic rings. The molecule has 8 heteroatoms. The number of fused-ring (bicyclic) bond motifs is 1. The molecule has 0 aliphatic heterocycles. The minimum Gasteiger partial charge on any atom is -0.481 e. The Kier molecular flexibility index (Phi) is 4.70. The van der Waals surface area contributed by atoms with E-state index in [4.69, 9.17) is 9.84 Å². The zero-order valence-corrected chi connectivity index (χ0v) is 13.0. The Morgan fingerprint density at radius 3 is 2.96 bits per heavy atom. The number of nitrogens with one attached hydrogen (secondary N) is 2. The van der Waals surface area contributed by atoms with Gasteiger partial charge in [0.25, 0.3) is 5.91 Å². The number of amides is 1. The fraction of sp³-hybridized carbons (Fsp3) is 0.0588. The molecule has 0 fully saturated rings. The molecule has 0 spiro atoms. The first kappa shape index (κ1) is 16.2. The third kappa shape index (κ3) is 3.99. The van der Waals surface area contributed by atoms with E-state index in [2.05, 4.69) is 20.5 Å². The number of aromatic amines is 1. The van der Waals surface area contributed by atoms with Crippen molar-refractivity contribution in [2.75, 3.05) is 6.61 Å². The minimum atomic E-state index is -1.07. The van der Waals surface area contributed by atoms with Crippen molar-refractivity contribution in [2.45, 2.75) is 0 Å². The van der Waals surface area contributed by atoms with Crippen LogP contribution >= 0.6 is 0 Å². The van der Waals surface area contributed by atoms with Crippen molar-refractivity contribution >= 4 is 29.1 Å². The van der Waals surface area contributed by atoms with Gasteiger partial charge in [0.15, 0.2) is 6.61 Å². The SMILES string of the molecule is O=C(O)COc1ccccc1/C=N\NC(=O)c1ccc2nc[nH]c2c1. The van der Waals surface area contributed by atoms with Crippen molar-refractivity contribution in [1.29, 1.82) is 0 Å². The molecule has 0 aliphatic rings. The highest BCUT2D eigenvalue weighted by Gasteiger charge is 2.07. The largest absolute Gasteiger partial charge is 0.481 e. The molecule has 8 nitrogen and oxygen atoms in total. The van der Waals surface area contributed by atoms with Gasteiger partial charge in [0.2, 0.25) is 0 Å². The second kappa shape index (κ2) is 7.26. The lowest BCUT2D eigenvalue weighted by Gasteiger charge is -2.06. The Bertz CT molecular complexity index is 948. The van der Waals surface area contributed by atoms with E-state index in [1.165, 1.54) is 6.21 Å². The highest BCUT2D eigenvalue weighted by atomic mass is 16.5. The van der Waals surface area contributed by atoms with Gasteiger partial charge in [-0.2, -0.15) is 5.10 Å². The number of imidazole rings is 1. The fourth-order valence-corrected chi connectivity index (χ4v) is 2.16. The molecular weight excluding hydrogens is 324 g/mol. The molecule has 1 amide bonds. The summed E-state index contributed by atoms with van der Waals surface area (Å²) in [6.45, 7) is -0.457. The monoisotopic (exact) mass is 338 g/mol. The third-order valence-electron chi connectivity index (χ3n) is 3.32. The lowest BCUT2D eigenvalue weighted by atomic mass is 10.2. The number of hydrazone groups is 1. The summed E-state index contributed by atoms with van der Waals surface area (Å²) in [7, 11) is 0. The van der Waals surface area contributed by atoms with Crippen LogP contribution in [-0.2, 0) is 4.79 Å². The van der Waals surface area contributed by atoms with Crippen molar-refractivity contribution < 1.29 is 19.4 Å². The summed E-state index contributed by atoms with van der Waals surface area (Å²) < 4.78 is 5.17. The summed E-state index contributed by atoms with van der Waals surface area (Å²) in [4.78, 5) is 29.7. The lowest BCUT2D eigenvalue weighted by molar-refractivity contribution is -0.139. The zero-order valence-electron chi connectivity index (χ0n) is 13.0. The molecule has 2 aromatic carbocycles. The van der Waals surface area contributed by atoms with Crippen LogP contribution in [0.3, 0.4) is 0 Å². The maximum atomic E-state index is 12.1. The second-order valence-electron chi connectivity index (χ2n) is 5.05. The normalized spacial score (nSPS) is 10.9. The van der Waals surface area contributed by atoms with E-state index < -0.39 is 12.6 Å². The molecule has 3 rings (SSSR count). The third-order valence-corrected chi connectivity index (χ3v) is 3.32. The van der Waals surface area contributed by atoms with E-state index >= 15 is 0 Å². The molecule has 1 heterocycles. The zero-order chi connectivity index (χ0) is 17.6. The number of carboxylic acid groups (broad SMARTS) is 1. The maximum absolute atomic E-state index is 12.1. The van der Waals surface area contributed by atoms with Gasteiger partial charge in [-0.1, -0.05) is 12.1 Å². The van der Waals surface area contributed by atoms with E-state index in [0.29, 0.717) is 16.9 Å². The van der Waals surface area contributed by atoms with Crippen molar-refractivity contribution in [2.24, 2.45) is 5.10 Å². The average Bonchev–Trinajstić information content (AvgIpc) is 3.08. The van der Waals surface area contributed by atoms with Crippen molar-refractivity contribution in [3.8, 4) is 5.75 Å². The maximum Gasteiger partial charge on any atom is 0.341 e. The molecule has 126 valence electrons. The number of aliphatic carboxylic acids is 1. The van der Waals surface area contributed by atoms with Gasteiger partial charge >= 0.3 is 5.97 Å². The van der Waals surface area contributed by atoms with Crippen molar-refractivity contribution in [3.05, 3.63) is 59.9 Å². The van der Waals surface area contributed by atoms with Gasteiger partial charge in [0.05, 0.1) is 23.6 Å². The first-order valence-corrected chi connectivity index (χ1v) is 7.33. The Morgan fingerprint density at radius 1 is 1.28 bits per heavy atom. The number of H-pyrrole nitrogens is 1. The number of benzene rings is 2. The first-order valence-electron chi connectivity index (χ1n) is 7.33. The number of nitrogens with zero attached hydrogens (tertiary/aromatic N) is 2. The van der Waals surface area contributed by atoms with Crippen molar-refractivity contribution in [1.82, 2.24) is 15.4 Å². The van der Waals surface area contributed by atoms with Gasteiger partial charge in [-0.3, -0.25) is 4.79 Å². The number of para-hydroxylation sites is 1. The molecule has 0 bridgehead atoms. The Hall–Kier alpha value is -3.68. The van der Waals surface area contributed by atoms with Crippen LogP contribution in [0.25, 0.3) is 11.0 Å². The summed E-state index contributed by atoms with van der Waals surface area (Å²) in [5.74, 6) is -1.09. The van der Waals surface area contributed by atoms with Gasteiger partial charge in [-0.05, 0) is 30.3 Å². The molecule has 0 unspecified atom stereocenters. The predicted molar refractivity (Wildman–Crippen MR) is 90.7 cm³/mol. The molecule has 0 aliphatic carbocycles. The predicted octanol–water partition coefficient (Wildman–Crippen LogP) is 1.79. The van der Waals surface area contributed by atoms with Crippen LogP contribution in [0.5, 0.6) is 5.75 Å². The van der Waals surface area contributed by atoms with Crippen molar-refractivity contribution in [3.63, 3.8) is 0 Å². The second-order valence-corrected chi connectivity index (χ2v) is 5.05. The van der Waals surface area contributed by atoms with Gasteiger partial charge < -0.3 is 14.8 Å². The highest BCUT2D eigenvalue weighted by Crippen LogP contribution is 2.15.